The predicted molar refractivity (Wildman–Crippen MR) is 98.4 cm³/mol. The van der Waals surface area contributed by atoms with Crippen molar-refractivity contribution in [3.63, 3.8) is 0 Å². The number of nitrogens with one attached hydrogen (secondary N) is 1. The summed E-state index contributed by atoms with van der Waals surface area (Å²) in [5.74, 6) is 0.157. The summed E-state index contributed by atoms with van der Waals surface area (Å²) in [4.78, 5) is 21.2. The van der Waals surface area contributed by atoms with Gasteiger partial charge in [-0.25, -0.2) is 9.18 Å². The average molecular weight is 366 g/mol. The molecule has 4 rings (SSSR count). The lowest BCUT2D eigenvalue weighted by atomic mass is 10.1. The van der Waals surface area contributed by atoms with E-state index in [1.54, 1.807) is 14.0 Å². The molecule has 25 heavy (non-hydrogen) atoms. The van der Waals surface area contributed by atoms with Crippen LogP contribution < -0.4 is 15.9 Å². The van der Waals surface area contributed by atoms with Gasteiger partial charge in [0.2, 0.25) is 0 Å². The maximum absolute atomic E-state index is 15.0. The van der Waals surface area contributed by atoms with E-state index in [-0.39, 0.29) is 22.6 Å². The molecule has 0 aliphatic carbocycles. The first kappa shape index (κ1) is 16.6. The number of piperazine rings is 1. The van der Waals surface area contributed by atoms with Gasteiger partial charge in [0, 0.05) is 38.3 Å². The number of hydrogen-bond acceptors (Lipinski definition) is 5. The molecule has 0 bridgehead atoms. The van der Waals surface area contributed by atoms with Crippen molar-refractivity contribution in [3.05, 3.63) is 26.9 Å². The fourth-order valence-corrected chi connectivity index (χ4v) is 4.17. The summed E-state index contributed by atoms with van der Waals surface area (Å²) in [6.45, 7) is 5.89. The lowest BCUT2D eigenvalue weighted by molar-refractivity contribution is 0.203. The van der Waals surface area contributed by atoms with Crippen LogP contribution in [-0.4, -0.2) is 53.2 Å². The van der Waals surface area contributed by atoms with Crippen molar-refractivity contribution in [1.82, 2.24) is 14.5 Å². The predicted octanol–water partition coefficient (Wildman–Crippen LogP) is 1.97. The van der Waals surface area contributed by atoms with Gasteiger partial charge < -0.3 is 10.2 Å². The molecule has 1 aromatic carbocycles. The molecule has 1 N–H and O–H groups in total. The van der Waals surface area contributed by atoms with Crippen LogP contribution in [0.3, 0.4) is 0 Å². The van der Waals surface area contributed by atoms with Gasteiger partial charge >= 0.3 is 5.69 Å². The fourth-order valence-electron chi connectivity index (χ4n) is 3.86. The van der Waals surface area contributed by atoms with E-state index in [4.69, 9.17) is 11.6 Å². The summed E-state index contributed by atoms with van der Waals surface area (Å²) in [5.41, 5.74) is 0.882. The summed E-state index contributed by atoms with van der Waals surface area (Å²) in [7, 11) is 3.70. The number of benzene rings is 1. The van der Waals surface area contributed by atoms with Crippen molar-refractivity contribution in [1.29, 1.82) is 0 Å². The molecule has 0 saturated carbocycles. The highest BCUT2D eigenvalue weighted by Gasteiger charge is 2.36. The van der Waals surface area contributed by atoms with E-state index in [0.29, 0.717) is 40.6 Å². The van der Waals surface area contributed by atoms with E-state index in [0.717, 1.165) is 13.1 Å². The topological polar surface area (TPSA) is 53.4 Å². The van der Waals surface area contributed by atoms with Gasteiger partial charge in [-0.2, -0.15) is 4.98 Å². The van der Waals surface area contributed by atoms with Gasteiger partial charge in [-0.05, 0) is 20.9 Å². The van der Waals surface area contributed by atoms with Crippen LogP contribution in [0, 0.1) is 12.7 Å². The lowest BCUT2D eigenvalue weighted by Gasteiger charge is -2.43. The Morgan fingerprint density at radius 2 is 2.04 bits per heavy atom. The zero-order valence-corrected chi connectivity index (χ0v) is 15.5. The van der Waals surface area contributed by atoms with Gasteiger partial charge in [-0.15, -0.1) is 0 Å². The number of anilines is 2. The minimum Gasteiger partial charge on any atom is -0.380 e. The summed E-state index contributed by atoms with van der Waals surface area (Å²) in [6, 6.07) is 0.416. The molecular formula is C17H21ClFN5O. The summed E-state index contributed by atoms with van der Waals surface area (Å²) in [6.07, 6.45) is 0. The van der Waals surface area contributed by atoms with E-state index in [1.165, 1.54) is 4.57 Å². The van der Waals surface area contributed by atoms with E-state index < -0.39 is 0 Å². The van der Waals surface area contributed by atoms with E-state index >= 15 is 0 Å². The monoisotopic (exact) mass is 365 g/mol. The number of likely N-dealkylation sites (N-methyl/N-ethyl adjacent to an activating group) is 1. The minimum absolute atomic E-state index is 0.106. The molecule has 3 heterocycles. The summed E-state index contributed by atoms with van der Waals surface area (Å²) in [5, 5.41) is 4.11. The lowest BCUT2D eigenvalue weighted by Crippen LogP contribution is -2.58. The number of aryl methyl sites for hydroxylation is 1. The molecule has 1 saturated heterocycles. The SMILES string of the molecule is Cc1c(F)c2c3c(nc(=O)n(C)c3c1Cl)N1CC(C)N(C)CC1CN2. The Morgan fingerprint density at radius 1 is 1.32 bits per heavy atom. The van der Waals surface area contributed by atoms with Crippen molar-refractivity contribution < 1.29 is 4.39 Å². The Hall–Kier alpha value is -1.86. The molecule has 0 radical (unpaired) electrons. The molecule has 1 fully saturated rings. The van der Waals surface area contributed by atoms with E-state index in [1.807, 2.05) is 0 Å². The number of fused-ring (bicyclic) bond motifs is 2. The second-order valence-corrected chi connectivity index (χ2v) is 7.48. The fraction of sp³-hybridized carbons (Fsp3) is 0.529. The zero-order valence-electron chi connectivity index (χ0n) is 14.7. The van der Waals surface area contributed by atoms with Crippen molar-refractivity contribution in [2.45, 2.75) is 25.9 Å². The summed E-state index contributed by atoms with van der Waals surface area (Å²) >= 11 is 6.43. The summed E-state index contributed by atoms with van der Waals surface area (Å²) < 4.78 is 16.4. The number of rotatable bonds is 0. The van der Waals surface area contributed by atoms with Crippen molar-refractivity contribution in [2.24, 2.45) is 7.05 Å². The van der Waals surface area contributed by atoms with Gasteiger partial charge in [0.05, 0.1) is 27.7 Å². The van der Waals surface area contributed by atoms with E-state index in [2.05, 4.69) is 34.1 Å². The molecular weight excluding hydrogens is 345 g/mol. The van der Waals surface area contributed by atoms with Crippen LogP contribution >= 0.6 is 11.6 Å². The average Bonchev–Trinajstić information content (AvgIpc) is 2.71. The van der Waals surface area contributed by atoms with E-state index in [9.17, 15) is 9.18 Å². The van der Waals surface area contributed by atoms with Crippen molar-refractivity contribution in [3.8, 4) is 0 Å². The molecule has 0 spiro atoms. The number of halogens is 2. The number of nitrogens with zero attached hydrogens (tertiary/aromatic N) is 4. The third kappa shape index (κ3) is 2.25. The maximum Gasteiger partial charge on any atom is 0.349 e. The molecule has 0 amide bonds. The van der Waals surface area contributed by atoms with Crippen molar-refractivity contribution >= 4 is 34.0 Å². The Kier molecular flexibility index (Phi) is 3.70. The van der Waals surface area contributed by atoms with Crippen LogP contribution in [0.2, 0.25) is 5.02 Å². The Morgan fingerprint density at radius 3 is 2.76 bits per heavy atom. The first-order chi connectivity index (χ1) is 11.8. The minimum atomic E-state index is -0.381. The second-order valence-electron chi connectivity index (χ2n) is 7.10. The van der Waals surface area contributed by atoms with Gasteiger partial charge in [0.15, 0.2) is 5.82 Å². The maximum atomic E-state index is 15.0. The highest BCUT2D eigenvalue weighted by Crippen LogP contribution is 2.41. The molecule has 2 aliphatic heterocycles. The molecule has 2 atom stereocenters. The molecule has 2 unspecified atom stereocenters. The number of aromatic nitrogens is 2. The Bertz CT molecular complexity index is 943. The Labute approximate surface area is 150 Å². The molecule has 2 aliphatic rings. The van der Waals surface area contributed by atoms with Crippen LogP contribution in [-0.2, 0) is 7.05 Å². The first-order valence-electron chi connectivity index (χ1n) is 8.40. The van der Waals surface area contributed by atoms with Gasteiger partial charge in [0.25, 0.3) is 0 Å². The standard InChI is InChI=1S/C17H21ClFN5O/c1-8-6-24-10(7-22(8)3)5-20-14-11-15(12(18)9(2)13(14)19)23(4)17(25)21-16(11)24/h8,10,20H,5-7H2,1-4H3. The van der Waals surface area contributed by atoms with Gasteiger partial charge in [0.1, 0.15) is 5.82 Å². The van der Waals surface area contributed by atoms with Gasteiger partial charge in [-0.3, -0.25) is 9.47 Å². The third-order valence-electron chi connectivity index (χ3n) is 5.56. The quantitative estimate of drug-likeness (QED) is 0.773. The molecule has 1 aromatic heterocycles. The Balaban J connectivity index is 2.09. The third-order valence-corrected chi connectivity index (χ3v) is 6.02. The molecule has 6 nitrogen and oxygen atoms in total. The van der Waals surface area contributed by atoms with Crippen LogP contribution in [0.5, 0.6) is 0 Å². The van der Waals surface area contributed by atoms with Crippen LogP contribution in [0.15, 0.2) is 4.79 Å². The molecule has 134 valence electrons. The van der Waals surface area contributed by atoms with Crippen LogP contribution in [0.1, 0.15) is 12.5 Å². The zero-order chi connectivity index (χ0) is 18.0. The van der Waals surface area contributed by atoms with Crippen molar-refractivity contribution in [2.75, 3.05) is 36.9 Å². The largest absolute Gasteiger partial charge is 0.380 e. The number of hydrogen-bond donors (Lipinski definition) is 1. The highest BCUT2D eigenvalue weighted by molar-refractivity contribution is 6.37. The smallest absolute Gasteiger partial charge is 0.349 e. The van der Waals surface area contributed by atoms with Crippen LogP contribution in [0.25, 0.3) is 10.9 Å². The second kappa shape index (κ2) is 5.57. The van der Waals surface area contributed by atoms with Gasteiger partial charge in [-0.1, -0.05) is 11.6 Å². The highest BCUT2D eigenvalue weighted by atomic mass is 35.5. The van der Waals surface area contributed by atoms with Crippen LogP contribution in [0.4, 0.5) is 15.9 Å². The molecule has 2 aromatic rings. The first-order valence-corrected chi connectivity index (χ1v) is 8.78. The normalized spacial score (nSPS) is 23.4. The molecule has 8 heteroatoms.